The van der Waals surface area contributed by atoms with Crippen LogP contribution in [0.1, 0.15) is 5.56 Å². The monoisotopic (exact) mass is 409 g/mol. The van der Waals surface area contributed by atoms with Crippen LogP contribution >= 0.6 is 11.8 Å². The van der Waals surface area contributed by atoms with Crippen LogP contribution in [-0.2, 0) is 11.8 Å². The third kappa shape index (κ3) is 3.33. The minimum atomic E-state index is -0.0613. The first-order chi connectivity index (χ1) is 14.7. The number of aliphatic imine (C=N–C) groups is 1. The van der Waals surface area contributed by atoms with Gasteiger partial charge in [0.15, 0.2) is 5.17 Å². The fourth-order valence-corrected chi connectivity index (χ4v) is 4.59. The molecule has 146 valence electrons. The first-order valence-corrected chi connectivity index (χ1v) is 10.5. The predicted molar refractivity (Wildman–Crippen MR) is 126 cm³/mol. The van der Waals surface area contributed by atoms with Gasteiger partial charge in [-0.15, -0.1) is 0 Å². The van der Waals surface area contributed by atoms with E-state index < -0.39 is 0 Å². The lowest BCUT2D eigenvalue weighted by atomic mass is 10.1. The molecule has 0 bridgehead atoms. The number of benzene rings is 3. The molecule has 4 aromatic rings. The average Bonchev–Trinajstić information content (AvgIpc) is 3.26. The van der Waals surface area contributed by atoms with Crippen LogP contribution in [0, 0.1) is 0 Å². The van der Waals surface area contributed by atoms with Gasteiger partial charge in [0.05, 0.1) is 16.3 Å². The summed E-state index contributed by atoms with van der Waals surface area (Å²) >= 11 is 1.41. The number of nitrogens with zero attached hydrogens (tertiary/aromatic N) is 3. The number of aromatic nitrogens is 1. The van der Waals surface area contributed by atoms with Crippen LogP contribution in [-0.4, -0.2) is 15.6 Å². The fourth-order valence-electron chi connectivity index (χ4n) is 3.60. The number of hydrogen-bond acceptors (Lipinski definition) is 3. The van der Waals surface area contributed by atoms with E-state index in [2.05, 4.69) is 22.9 Å². The number of amidine groups is 1. The molecule has 1 amide bonds. The highest BCUT2D eigenvalue weighted by Crippen LogP contribution is 2.38. The molecule has 2 heterocycles. The molecule has 0 aliphatic carbocycles. The van der Waals surface area contributed by atoms with E-state index in [9.17, 15) is 4.79 Å². The Balaban J connectivity index is 1.61. The van der Waals surface area contributed by atoms with E-state index in [1.54, 1.807) is 4.90 Å². The quantitative estimate of drug-likeness (QED) is 0.390. The summed E-state index contributed by atoms with van der Waals surface area (Å²) in [6.45, 7) is 0. The second kappa shape index (κ2) is 7.69. The third-order valence-electron chi connectivity index (χ3n) is 5.02. The van der Waals surface area contributed by atoms with E-state index in [-0.39, 0.29) is 5.91 Å². The van der Waals surface area contributed by atoms with E-state index in [0.29, 0.717) is 10.1 Å². The number of carbonyl (C=O) groups is 1. The molecule has 1 saturated heterocycles. The molecule has 0 unspecified atom stereocenters. The van der Waals surface area contributed by atoms with Crippen molar-refractivity contribution in [2.75, 3.05) is 4.90 Å². The predicted octanol–water partition coefficient (Wildman–Crippen LogP) is 5.99. The Morgan fingerprint density at radius 1 is 0.867 bits per heavy atom. The van der Waals surface area contributed by atoms with Gasteiger partial charge >= 0.3 is 0 Å². The first-order valence-electron chi connectivity index (χ1n) is 9.67. The molecular weight excluding hydrogens is 390 g/mol. The van der Waals surface area contributed by atoms with Gasteiger partial charge in [-0.2, -0.15) is 0 Å². The van der Waals surface area contributed by atoms with E-state index in [4.69, 9.17) is 4.99 Å². The first kappa shape index (κ1) is 18.5. The number of hydrogen-bond donors (Lipinski definition) is 0. The zero-order valence-corrected chi connectivity index (χ0v) is 17.2. The number of carbonyl (C=O) groups excluding carboxylic acids is 1. The van der Waals surface area contributed by atoms with Crippen LogP contribution in [0.4, 0.5) is 11.4 Å². The van der Waals surface area contributed by atoms with Crippen molar-refractivity contribution in [1.82, 2.24) is 4.57 Å². The molecular formula is C25H19N3OS. The van der Waals surface area contributed by atoms with Gasteiger partial charge in [0, 0.05) is 29.7 Å². The zero-order valence-electron chi connectivity index (χ0n) is 16.4. The van der Waals surface area contributed by atoms with Crippen molar-refractivity contribution in [3.05, 3.63) is 102 Å². The van der Waals surface area contributed by atoms with E-state index >= 15 is 0 Å². The lowest BCUT2D eigenvalue weighted by Gasteiger charge is -2.15. The van der Waals surface area contributed by atoms with Crippen LogP contribution in [0.3, 0.4) is 0 Å². The topological polar surface area (TPSA) is 37.6 Å². The Labute approximate surface area is 179 Å². The van der Waals surface area contributed by atoms with Crippen LogP contribution in [0.2, 0.25) is 0 Å². The van der Waals surface area contributed by atoms with Gasteiger partial charge in [-0.3, -0.25) is 9.69 Å². The Kier molecular flexibility index (Phi) is 4.73. The molecule has 30 heavy (non-hydrogen) atoms. The largest absolute Gasteiger partial charge is 0.350 e. The summed E-state index contributed by atoms with van der Waals surface area (Å²) in [7, 11) is 2.02. The standard InChI is InChI=1S/C25H19N3OS/c1-27-17-18(21-14-8-9-15-22(21)27)16-23-24(29)28(20-12-6-3-7-13-20)25(30-23)26-19-10-4-2-5-11-19/h2-17H,1H3/b23-16-,26-25?. The number of fused-ring (bicyclic) bond motifs is 1. The van der Waals surface area contributed by atoms with Crippen LogP contribution < -0.4 is 4.90 Å². The van der Waals surface area contributed by atoms with Crippen LogP contribution in [0.25, 0.3) is 17.0 Å². The van der Waals surface area contributed by atoms with E-state index in [1.807, 2.05) is 85.9 Å². The summed E-state index contributed by atoms with van der Waals surface area (Å²) < 4.78 is 2.08. The lowest BCUT2D eigenvalue weighted by molar-refractivity contribution is -0.113. The van der Waals surface area contributed by atoms with Crippen molar-refractivity contribution < 1.29 is 4.79 Å². The van der Waals surface area contributed by atoms with Crippen molar-refractivity contribution >= 4 is 51.2 Å². The second-order valence-electron chi connectivity index (χ2n) is 7.03. The van der Waals surface area contributed by atoms with Crippen molar-refractivity contribution in [1.29, 1.82) is 0 Å². The van der Waals surface area contributed by atoms with Crippen molar-refractivity contribution in [3.8, 4) is 0 Å². The molecule has 1 aliphatic heterocycles. The maximum atomic E-state index is 13.4. The normalized spacial score (nSPS) is 16.8. The second-order valence-corrected chi connectivity index (χ2v) is 8.04. The number of aryl methyl sites for hydroxylation is 1. The van der Waals surface area contributed by atoms with Gasteiger partial charge in [0.2, 0.25) is 0 Å². The summed E-state index contributed by atoms with van der Waals surface area (Å²) in [4.78, 5) is 20.5. The lowest BCUT2D eigenvalue weighted by Crippen LogP contribution is -2.28. The van der Waals surface area contributed by atoms with Gasteiger partial charge in [-0.25, -0.2) is 4.99 Å². The van der Waals surface area contributed by atoms with Crippen molar-refractivity contribution in [3.63, 3.8) is 0 Å². The summed E-state index contributed by atoms with van der Waals surface area (Å²) in [5, 5.41) is 1.78. The number of thioether (sulfide) groups is 1. The number of anilines is 1. The highest BCUT2D eigenvalue weighted by molar-refractivity contribution is 8.19. The molecule has 1 fully saturated rings. The van der Waals surface area contributed by atoms with Gasteiger partial charge in [0.1, 0.15) is 0 Å². The van der Waals surface area contributed by atoms with Gasteiger partial charge in [-0.1, -0.05) is 54.6 Å². The minimum Gasteiger partial charge on any atom is -0.350 e. The third-order valence-corrected chi connectivity index (χ3v) is 5.98. The average molecular weight is 410 g/mol. The fraction of sp³-hybridized carbons (Fsp3) is 0.0400. The molecule has 0 saturated carbocycles. The molecule has 4 nitrogen and oxygen atoms in total. The molecule has 5 heteroatoms. The highest BCUT2D eigenvalue weighted by Gasteiger charge is 2.34. The Hall–Kier alpha value is -3.57. The SMILES string of the molecule is Cn1cc(/C=C2\SC(=Nc3ccccc3)N(c3ccccc3)C2=O)c2ccccc21. The highest BCUT2D eigenvalue weighted by atomic mass is 32.2. The Morgan fingerprint density at radius 2 is 1.53 bits per heavy atom. The van der Waals surface area contributed by atoms with Crippen molar-refractivity contribution in [2.24, 2.45) is 12.0 Å². The molecule has 3 aromatic carbocycles. The molecule has 0 atom stereocenters. The van der Waals surface area contributed by atoms with Gasteiger partial charge in [0.25, 0.3) is 5.91 Å². The van der Waals surface area contributed by atoms with Gasteiger partial charge < -0.3 is 4.57 Å². The maximum absolute atomic E-state index is 13.4. The summed E-state index contributed by atoms with van der Waals surface area (Å²) in [6, 6.07) is 27.6. The van der Waals surface area contributed by atoms with Crippen LogP contribution in [0.5, 0.6) is 0 Å². The number of para-hydroxylation sites is 3. The minimum absolute atomic E-state index is 0.0613. The Bertz CT molecular complexity index is 1290. The van der Waals surface area contributed by atoms with Gasteiger partial charge in [-0.05, 0) is 48.2 Å². The van der Waals surface area contributed by atoms with Crippen LogP contribution in [0.15, 0.2) is 101 Å². The molecule has 0 radical (unpaired) electrons. The van der Waals surface area contributed by atoms with Crippen molar-refractivity contribution in [2.45, 2.75) is 0 Å². The molecule has 0 N–H and O–H groups in total. The summed E-state index contributed by atoms with van der Waals surface area (Å²) in [5.41, 5.74) is 3.79. The molecule has 1 aromatic heterocycles. The summed E-state index contributed by atoms with van der Waals surface area (Å²) in [6.07, 6.45) is 4.03. The maximum Gasteiger partial charge on any atom is 0.271 e. The number of rotatable bonds is 3. The molecule has 5 rings (SSSR count). The molecule has 0 spiro atoms. The Morgan fingerprint density at radius 3 is 2.30 bits per heavy atom. The smallest absolute Gasteiger partial charge is 0.271 e. The van der Waals surface area contributed by atoms with E-state index in [0.717, 1.165) is 27.8 Å². The molecule has 1 aliphatic rings. The van der Waals surface area contributed by atoms with E-state index in [1.165, 1.54) is 11.8 Å². The number of amides is 1. The summed E-state index contributed by atoms with van der Waals surface area (Å²) in [5.74, 6) is -0.0613. The zero-order chi connectivity index (χ0) is 20.5.